The second-order valence-corrected chi connectivity index (χ2v) is 8.15. The highest BCUT2D eigenvalue weighted by Gasteiger charge is 2.45. The van der Waals surface area contributed by atoms with E-state index in [0.717, 1.165) is 36.1 Å². The summed E-state index contributed by atoms with van der Waals surface area (Å²) in [6, 6.07) is 23.5. The summed E-state index contributed by atoms with van der Waals surface area (Å²) >= 11 is 0. The SMILES string of the molecule is Oc1ccc(C2Oc3ccc(O)cc3C3CC(Cc4ccccc4)CC32)cc1. The fourth-order valence-corrected chi connectivity index (χ4v) is 5.12. The molecule has 28 heavy (non-hydrogen) atoms. The standard InChI is InChI=1S/C25H24O3/c26-19-8-6-18(7-9-19)25-23-14-17(12-16-4-2-1-3-5-16)13-21(23)22-15-20(27)10-11-24(22)28-25/h1-11,15,17,21,23,25-27H,12-14H2. The second kappa shape index (κ2) is 6.90. The van der Waals surface area contributed by atoms with E-state index in [2.05, 4.69) is 30.3 Å². The fourth-order valence-electron chi connectivity index (χ4n) is 5.12. The van der Waals surface area contributed by atoms with Crippen molar-refractivity contribution in [2.24, 2.45) is 11.8 Å². The Morgan fingerprint density at radius 3 is 2.36 bits per heavy atom. The number of aromatic hydroxyl groups is 2. The van der Waals surface area contributed by atoms with E-state index in [-0.39, 0.29) is 11.9 Å². The number of phenolic OH excluding ortho intramolecular Hbond substituents is 2. The highest BCUT2D eigenvalue weighted by atomic mass is 16.5. The Morgan fingerprint density at radius 2 is 1.57 bits per heavy atom. The van der Waals surface area contributed by atoms with Crippen molar-refractivity contribution in [3.63, 3.8) is 0 Å². The average molecular weight is 372 g/mol. The van der Waals surface area contributed by atoms with Gasteiger partial charge in [0.2, 0.25) is 0 Å². The van der Waals surface area contributed by atoms with Crippen LogP contribution in [0.5, 0.6) is 17.2 Å². The predicted octanol–water partition coefficient (Wildman–Crippen LogP) is 5.58. The van der Waals surface area contributed by atoms with Crippen LogP contribution in [0.15, 0.2) is 72.8 Å². The van der Waals surface area contributed by atoms with Crippen LogP contribution in [-0.2, 0) is 6.42 Å². The van der Waals surface area contributed by atoms with E-state index in [1.54, 1.807) is 18.2 Å². The molecule has 1 aliphatic carbocycles. The monoisotopic (exact) mass is 372 g/mol. The lowest BCUT2D eigenvalue weighted by atomic mass is 9.80. The predicted molar refractivity (Wildman–Crippen MR) is 109 cm³/mol. The molecule has 0 spiro atoms. The largest absolute Gasteiger partial charge is 0.508 e. The van der Waals surface area contributed by atoms with Gasteiger partial charge in [-0.15, -0.1) is 0 Å². The van der Waals surface area contributed by atoms with Crippen molar-refractivity contribution in [2.45, 2.75) is 31.3 Å². The van der Waals surface area contributed by atoms with Crippen LogP contribution in [0.3, 0.4) is 0 Å². The highest BCUT2D eigenvalue weighted by Crippen LogP contribution is 2.56. The molecule has 0 amide bonds. The minimum absolute atomic E-state index is 0.0246. The molecule has 2 N–H and O–H groups in total. The average Bonchev–Trinajstić information content (AvgIpc) is 3.13. The molecular formula is C25H24O3. The van der Waals surface area contributed by atoms with Gasteiger partial charge in [-0.05, 0) is 72.6 Å². The van der Waals surface area contributed by atoms with Gasteiger partial charge in [0.05, 0.1) is 0 Å². The van der Waals surface area contributed by atoms with E-state index < -0.39 is 0 Å². The van der Waals surface area contributed by atoms with Crippen molar-refractivity contribution in [1.82, 2.24) is 0 Å². The number of ether oxygens (including phenoxy) is 1. The van der Waals surface area contributed by atoms with Crippen LogP contribution in [0.1, 0.15) is 41.6 Å². The maximum absolute atomic E-state index is 10.0. The van der Waals surface area contributed by atoms with Crippen LogP contribution in [0.2, 0.25) is 0 Å². The topological polar surface area (TPSA) is 49.7 Å². The first kappa shape index (κ1) is 17.2. The van der Waals surface area contributed by atoms with Gasteiger partial charge in [0.25, 0.3) is 0 Å². The Labute approximate surface area is 165 Å². The van der Waals surface area contributed by atoms with Crippen molar-refractivity contribution in [3.05, 3.63) is 89.5 Å². The normalized spacial score (nSPS) is 25.6. The third-order valence-corrected chi connectivity index (χ3v) is 6.33. The minimum atomic E-state index is -0.0246. The summed E-state index contributed by atoms with van der Waals surface area (Å²) < 4.78 is 6.43. The Morgan fingerprint density at radius 1 is 0.821 bits per heavy atom. The number of hydrogen-bond acceptors (Lipinski definition) is 3. The van der Waals surface area contributed by atoms with Crippen LogP contribution in [0, 0.1) is 11.8 Å². The Balaban J connectivity index is 1.49. The third-order valence-electron chi connectivity index (χ3n) is 6.33. The summed E-state index contributed by atoms with van der Waals surface area (Å²) in [4.78, 5) is 0. The molecule has 1 heterocycles. The van der Waals surface area contributed by atoms with Gasteiger partial charge in [0, 0.05) is 11.5 Å². The summed E-state index contributed by atoms with van der Waals surface area (Å²) in [5.74, 6) is 2.79. The molecule has 3 heteroatoms. The maximum atomic E-state index is 10.0. The molecule has 3 aromatic carbocycles. The summed E-state index contributed by atoms with van der Waals surface area (Å²) in [5, 5.41) is 19.7. The van der Waals surface area contributed by atoms with Gasteiger partial charge in [0.1, 0.15) is 23.4 Å². The molecule has 1 saturated carbocycles. The Hall–Kier alpha value is -2.94. The molecule has 5 rings (SSSR count). The first-order valence-electron chi connectivity index (χ1n) is 10.00. The zero-order chi connectivity index (χ0) is 19.1. The van der Waals surface area contributed by atoms with Gasteiger partial charge in [0.15, 0.2) is 0 Å². The summed E-state index contributed by atoms with van der Waals surface area (Å²) in [5.41, 5.74) is 3.62. The van der Waals surface area contributed by atoms with Gasteiger partial charge in [-0.25, -0.2) is 0 Å². The highest BCUT2D eigenvalue weighted by molar-refractivity contribution is 5.46. The summed E-state index contributed by atoms with van der Waals surface area (Å²) in [6.07, 6.45) is 3.25. The van der Waals surface area contributed by atoms with Gasteiger partial charge in [-0.1, -0.05) is 42.5 Å². The van der Waals surface area contributed by atoms with Gasteiger partial charge < -0.3 is 14.9 Å². The zero-order valence-corrected chi connectivity index (χ0v) is 15.7. The van der Waals surface area contributed by atoms with E-state index in [1.807, 2.05) is 24.3 Å². The molecule has 1 fully saturated rings. The van der Waals surface area contributed by atoms with Gasteiger partial charge >= 0.3 is 0 Å². The smallest absolute Gasteiger partial charge is 0.127 e. The van der Waals surface area contributed by atoms with Crippen molar-refractivity contribution in [3.8, 4) is 17.2 Å². The van der Waals surface area contributed by atoms with Gasteiger partial charge in [-0.2, -0.15) is 0 Å². The van der Waals surface area contributed by atoms with Crippen LogP contribution in [-0.4, -0.2) is 10.2 Å². The molecule has 0 aromatic heterocycles. The number of phenols is 2. The molecule has 3 aromatic rings. The van der Waals surface area contributed by atoms with E-state index in [0.29, 0.717) is 23.5 Å². The molecule has 2 aliphatic rings. The molecule has 4 unspecified atom stereocenters. The maximum Gasteiger partial charge on any atom is 0.127 e. The first-order chi connectivity index (χ1) is 13.7. The molecular weight excluding hydrogens is 348 g/mol. The lowest BCUT2D eigenvalue weighted by molar-refractivity contribution is 0.103. The van der Waals surface area contributed by atoms with E-state index in [4.69, 9.17) is 4.74 Å². The summed E-state index contributed by atoms with van der Waals surface area (Å²) in [7, 11) is 0. The van der Waals surface area contributed by atoms with E-state index in [1.165, 1.54) is 5.56 Å². The summed E-state index contributed by atoms with van der Waals surface area (Å²) in [6.45, 7) is 0. The molecule has 1 aliphatic heterocycles. The lowest BCUT2D eigenvalue weighted by Crippen LogP contribution is -2.26. The molecule has 0 bridgehead atoms. The fraction of sp³-hybridized carbons (Fsp3) is 0.280. The molecule has 0 radical (unpaired) electrons. The van der Waals surface area contributed by atoms with Crippen LogP contribution in [0.4, 0.5) is 0 Å². The quantitative estimate of drug-likeness (QED) is 0.631. The number of hydrogen-bond donors (Lipinski definition) is 2. The van der Waals surface area contributed by atoms with Gasteiger partial charge in [-0.3, -0.25) is 0 Å². The lowest BCUT2D eigenvalue weighted by Gasteiger charge is -2.36. The van der Waals surface area contributed by atoms with Crippen molar-refractivity contribution in [2.75, 3.05) is 0 Å². The second-order valence-electron chi connectivity index (χ2n) is 8.15. The van der Waals surface area contributed by atoms with Crippen molar-refractivity contribution in [1.29, 1.82) is 0 Å². The van der Waals surface area contributed by atoms with E-state index in [9.17, 15) is 10.2 Å². The van der Waals surface area contributed by atoms with Crippen LogP contribution < -0.4 is 4.74 Å². The molecule has 4 atom stereocenters. The molecule has 3 nitrogen and oxygen atoms in total. The zero-order valence-electron chi connectivity index (χ0n) is 15.7. The van der Waals surface area contributed by atoms with Crippen LogP contribution >= 0.6 is 0 Å². The minimum Gasteiger partial charge on any atom is -0.508 e. The first-order valence-corrected chi connectivity index (χ1v) is 10.00. The number of fused-ring (bicyclic) bond motifs is 3. The van der Waals surface area contributed by atoms with Crippen molar-refractivity contribution < 1.29 is 14.9 Å². The Kier molecular flexibility index (Phi) is 4.23. The molecule has 0 saturated heterocycles. The number of benzene rings is 3. The van der Waals surface area contributed by atoms with Crippen LogP contribution in [0.25, 0.3) is 0 Å². The number of rotatable bonds is 3. The third kappa shape index (κ3) is 3.11. The van der Waals surface area contributed by atoms with E-state index >= 15 is 0 Å². The van der Waals surface area contributed by atoms with Crippen molar-refractivity contribution >= 4 is 0 Å². The molecule has 142 valence electrons. The Bertz CT molecular complexity index is 965.